The van der Waals surface area contributed by atoms with E-state index in [2.05, 4.69) is 32.4 Å². The van der Waals surface area contributed by atoms with Gasteiger partial charge in [0.25, 0.3) is 0 Å². The highest BCUT2D eigenvalue weighted by Crippen LogP contribution is 2.77. The number of likely N-dealkylation sites (tertiary alicyclic amines) is 2. The molecule has 1 N–H and O–H groups in total. The number of rotatable bonds is 13. The van der Waals surface area contributed by atoms with Crippen LogP contribution in [-0.2, 0) is 36.1 Å². The number of benzene rings is 2. The Labute approximate surface area is 339 Å². The van der Waals surface area contributed by atoms with Crippen molar-refractivity contribution in [2.45, 2.75) is 84.6 Å². The van der Waals surface area contributed by atoms with Gasteiger partial charge in [-0.05, 0) is 106 Å². The van der Waals surface area contributed by atoms with Crippen molar-refractivity contribution in [3.05, 3.63) is 91.0 Å². The van der Waals surface area contributed by atoms with Crippen molar-refractivity contribution < 1.29 is 36.3 Å². The van der Waals surface area contributed by atoms with Gasteiger partial charge in [-0.15, -0.1) is 0 Å². The molecule has 4 atom stereocenters. The fourth-order valence-electron chi connectivity index (χ4n) is 11.5. The zero-order valence-corrected chi connectivity index (χ0v) is 34.2. The lowest BCUT2D eigenvalue weighted by atomic mass is 9.56. The molecule has 0 unspecified atom stereocenters. The first kappa shape index (κ1) is 40.4. The molecule has 0 spiro atoms. The summed E-state index contributed by atoms with van der Waals surface area (Å²) in [6.45, 7) is 7.71. The van der Waals surface area contributed by atoms with Gasteiger partial charge in [-0.2, -0.15) is 0 Å². The van der Waals surface area contributed by atoms with Gasteiger partial charge in [0.1, 0.15) is 17.2 Å². The zero-order chi connectivity index (χ0) is 40.9. The first-order valence-corrected chi connectivity index (χ1v) is 21.9. The Balaban J connectivity index is 0.979. The van der Waals surface area contributed by atoms with Gasteiger partial charge >= 0.3 is 6.09 Å². The molecule has 5 aliphatic rings. The van der Waals surface area contributed by atoms with Crippen molar-refractivity contribution in [3.8, 4) is 0 Å². The molecule has 3 saturated heterocycles. The number of anilines is 1. The molecule has 0 radical (unpaired) electrons. The van der Waals surface area contributed by atoms with E-state index in [1.54, 1.807) is 25.4 Å². The number of nitrogens with zero attached hydrogens (tertiary/aromatic N) is 5. The summed E-state index contributed by atoms with van der Waals surface area (Å²) in [5.41, 5.74) is -0.544. The summed E-state index contributed by atoms with van der Waals surface area (Å²) < 4.78 is 71.4. The van der Waals surface area contributed by atoms with Crippen molar-refractivity contribution in [2.75, 3.05) is 64.9 Å². The molecular formula is C43H54F2N6O6S. The van der Waals surface area contributed by atoms with Crippen LogP contribution in [0.5, 0.6) is 0 Å². The van der Waals surface area contributed by atoms with Crippen molar-refractivity contribution in [2.24, 2.45) is 11.3 Å². The van der Waals surface area contributed by atoms with E-state index in [4.69, 9.17) is 9.47 Å². The minimum absolute atomic E-state index is 0.0565. The molecule has 15 heteroatoms. The van der Waals surface area contributed by atoms with Crippen LogP contribution in [0.4, 0.5) is 19.3 Å². The van der Waals surface area contributed by atoms with Crippen LogP contribution in [-0.4, -0.2) is 116 Å². The number of halogens is 2. The van der Waals surface area contributed by atoms with Gasteiger partial charge in [-0.3, -0.25) is 4.79 Å². The number of imidazole rings is 1. The minimum atomic E-state index is -3.87. The third-order valence-electron chi connectivity index (χ3n) is 14.4. The molecule has 5 fully saturated rings. The maximum atomic E-state index is 15.7. The Kier molecular flexibility index (Phi) is 10.7. The number of methoxy groups -OCH3 is 2. The number of hydrogen-bond acceptors (Lipinski definition) is 9. The monoisotopic (exact) mass is 820 g/mol. The molecule has 12 nitrogen and oxygen atoms in total. The summed E-state index contributed by atoms with van der Waals surface area (Å²) in [5, 5.41) is 2.45. The Morgan fingerprint density at radius 3 is 2.52 bits per heavy atom. The highest BCUT2D eigenvalue weighted by atomic mass is 32.2. The lowest BCUT2D eigenvalue weighted by Crippen LogP contribution is -2.68. The Bertz CT molecular complexity index is 2140. The molecular weight excluding hydrogens is 767 g/mol. The molecule has 3 aromatic rings. The van der Waals surface area contributed by atoms with E-state index >= 15 is 8.78 Å². The lowest BCUT2D eigenvalue weighted by Gasteiger charge is -2.54. The summed E-state index contributed by atoms with van der Waals surface area (Å²) >= 11 is 0. The van der Waals surface area contributed by atoms with Gasteiger partial charge < -0.3 is 34.1 Å². The standard InChI is InChI=1S/C43H54F2N6O6S/c1-4-38(52)50-18-6-10-35(24-50)58(54,55)34-11-12-37(36(45)23-34)51-27-40(28-51,57-3)26-48-19-13-31(14-20-48)43(29-49-21-17-46-30-49,32-8-5-9-33(44)22-32)41-15-7-16-42(41,25-41)47-39(53)56-2/h4-5,8-9,11-12,17,21-23,30-31,35H,1,6-7,10,13-16,18-20,24-29H2,2-3H3,(H,47,53)/t35-,41-,42+,43+/m1/s1. The van der Waals surface area contributed by atoms with E-state index in [-0.39, 0.29) is 34.5 Å². The maximum absolute atomic E-state index is 15.7. The van der Waals surface area contributed by atoms with Gasteiger partial charge in [0.15, 0.2) is 9.84 Å². The molecule has 2 aromatic carbocycles. The number of amides is 2. The van der Waals surface area contributed by atoms with E-state index < -0.39 is 43.6 Å². The minimum Gasteiger partial charge on any atom is -0.453 e. The highest BCUT2D eigenvalue weighted by Gasteiger charge is 2.79. The fourth-order valence-corrected chi connectivity index (χ4v) is 13.3. The van der Waals surface area contributed by atoms with Crippen LogP contribution in [0.3, 0.4) is 0 Å². The Morgan fingerprint density at radius 2 is 1.84 bits per heavy atom. The molecule has 58 heavy (non-hydrogen) atoms. The number of fused-ring (bicyclic) bond motifs is 1. The number of ether oxygens (including phenoxy) is 2. The zero-order valence-electron chi connectivity index (χ0n) is 33.4. The number of aromatic nitrogens is 2. The number of carbonyl (C=O) groups is 2. The van der Waals surface area contributed by atoms with Gasteiger partial charge in [-0.1, -0.05) is 25.1 Å². The first-order chi connectivity index (χ1) is 27.8. The average molecular weight is 821 g/mol. The van der Waals surface area contributed by atoms with Gasteiger partial charge in [0.2, 0.25) is 5.91 Å². The summed E-state index contributed by atoms with van der Waals surface area (Å²) in [6, 6.07) is 11.1. The first-order valence-electron chi connectivity index (χ1n) is 20.4. The molecule has 8 rings (SSSR count). The fraction of sp³-hybridized carbons (Fsp3) is 0.558. The smallest absolute Gasteiger partial charge is 0.407 e. The summed E-state index contributed by atoms with van der Waals surface area (Å²) in [4.78, 5) is 35.0. The topological polar surface area (TPSA) is 126 Å². The number of hydrogen-bond donors (Lipinski definition) is 1. The van der Waals surface area contributed by atoms with E-state index in [0.717, 1.165) is 63.2 Å². The van der Waals surface area contributed by atoms with Gasteiger partial charge in [0, 0.05) is 56.5 Å². The molecule has 312 valence electrons. The number of alkyl carbamates (subject to hydrolysis) is 1. The van der Waals surface area contributed by atoms with Crippen LogP contribution in [0.15, 0.2) is 78.7 Å². The van der Waals surface area contributed by atoms with E-state index in [9.17, 15) is 18.0 Å². The van der Waals surface area contributed by atoms with E-state index in [1.165, 1.54) is 36.3 Å². The third kappa shape index (κ3) is 6.80. The van der Waals surface area contributed by atoms with Crippen molar-refractivity contribution in [1.29, 1.82) is 0 Å². The van der Waals surface area contributed by atoms with Crippen molar-refractivity contribution in [1.82, 2.24) is 24.7 Å². The SMILES string of the molecule is C=CC(=O)N1CCC[C@@H](S(=O)(=O)c2ccc(N3CC(CN4CCC([C@@](Cn5ccnc5)(c5cccc(F)c5)[C@@]56CCC[C@]5(NC(=O)OC)C6)CC4)(OC)C3)c(F)c2)C1. The van der Waals surface area contributed by atoms with Crippen molar-refractivity contribution in [3.63, 3.8) is 0 Å². The molecule has 2 aliphatic carbocycles. The average Bonchev–Trinajstić information content (AvgIpc) is 3.47. The van der Waals surface area contributed by atoms with Gasteiger partial charge in [-0.25, -0.2) is 27.0 Å². The molecule has 2 saturated carbocycles. The summed E-state index contributed by atoms with van der Waals surface area (Å²) in [6.07, 6.45) is 12.4. The van der Waals surface area contributed by atoms with Crippen LogP contribution in [0, 0.1) is 23.0 Å². The second-order valence-electron chi connectivity index (χ2n) is 17.2. The molecule has 0 bridgehead atoms. The normalized spacial score (nSPS) is 26.9. The van der Waals surface area contributed by atoms with E-state index in [0.29, 0.717) is 51.3 Å². The highest BCUT2D eigenvalue weighted by molar-refractivity contribution is 7.92. The molecule has 1 aromatic heterocycles. The Hall–Kier alpha value is -4.34. The summed E-state index contributed by atoms with van der Waals surface area (Å²) in [7, 11) is -0.797. The number of nitrogens with one attached hydrogen (secondary N) is 1. The number of carbonyl (C=O) groups excluding carboxylic acids is 2. The second-order valence-corrected chi connectivity index (χ2v) is 19.5. The number of piperidine rings is 2. The summed E-state index contributed by atoms with van der Waals surface area (Å²) in [5.74, 6) is -1.05. The molecule has 4 heterocycles. The Morgan fingerprint density at radius 1 is 1.05 bits per heavy atom. The predicted molar refractivity (Wildman–Crippen MR) is 214 cm³/mol. The van der Waals surface area contributed by atoms with Crippen LogP contribution in [0.1, 0.15) is 56.9 Å². The van der Waals surface area contributed by atoms with Crippen LogP contribution < -0.4 is 10.2 Å². The lowest BCUT2D eigenvalue weighted by molar-refractivity contribution is -0.126. The predicted octanol–water partition coefficient (Wildman–Crippen LogP) is 5.34. The quantitative estimate of drug-likeness (QED) is 0.228. The van der Waals surface area contributed by atoms with Crippen LogP contribution >= 0.6 is 0 Å². The largest absolute Gasteiger partial charge is 0.453 e. The molecule has 3 aliphatic heterocycles. The van der Waals surface area contributed by atoms with Gasteiger partial charge in [0.05, 0.1) is 47.9 Å². The van der Waals surface area contributed by atoms with Crippen LogP contribution in [0.2, 0.25) is 0 Å². The maximum Gasteiger partial charge on any atom is 0.407 e. The van der Waals surface area contributed by atoms with Crippen LogP contribution in [0.25, 0.3) is 0 Å². The number of sulfone groups is 1. The third-order valence-corrected chi connectivity index (χ3v) is 16.6. The van der Waals surface area contributed by atoms with Crippen molar-refractivity contribution >= 4 is 27.5 Å². The van der Waals surface area contributed by atoms with E-state index in [1.807, 2.05) is 17.4 Å². The molecule has 2 amide bonds. The second kappa shape index (κ2) is 15.4.